The molecule has 0 unspecified atom stereocenters. The molecule has 0 fully saturated rings. The highest BCUT2D eigenvalue weighted by Gasteiger charge is 2.17. The summed E-state index contributed by atoms with van der Waals surface area (Å²) >= 11 is 0. The molecule has 2 aromatic rings. The van der Waals surface area contributed by atoms with E-state index >= 15 is 0 Å². The van der Waals surface area contributed by atoms with Gasteiger partial charge >= 0.3 is 5.97 Å². The minimum atomic E-state index is -0.489. The Morgan fingerprint density at radius 3 is 2.64 bits per heavy atom. The summed E-state index contributed by atoms with van der Waals surface area (Å²) in [5.41, 5.74) is 3.25. The molecule has 2 rings (SSSR count). The zero-order chi connectivity index (χ0) is 18.2. The highest BCUT2D eigenvalue weighted by molar-refractivity contribution is 6.16. The van der Waals surface area contributed by atoms with Crippen LogP contribution in [0.2, 0.25) is 0 Å². The fraction of sp³-hybridized carbons (Fsp3) is 0.200. The van der Waals surface area contributed by atoms with Gasteiger partial charge in [0.1, 0.15) is 17.9 Å². The van der Waals surface area contributed by atoms with Crippen molar-refractivity contribution in [2.75, 3.05) is 14.2 Å². The van der Waals surface area contributed by atoms with Crippen LogP contribution in [0, 0.1) is 18.3 Å². The smallest absolute Gasteiger partial charge is 0.341 e. The van der Waals surface area contributed by atoms with Crippen molar-refractivity contribution in [3.05, 3.63) is 71.0 Å². The standard InChI is InChI=1S/C20H19NO4/c1-14-8-9-15(11-21)10-19(14)25-12-16-6-4-5-7-17(16)18(13-23-2)20(22)24-3/h4-10,13H,12H2,1-3H3/b18-13-. The Bertz CT molecular complexity index is 834. The molecule has 0 spiro atoms. The molecule has 5 heteroatoms. The second-order valence-electron chi connectivity index (χ2n) is 5.30. The first-order valence-corrected chi connectivity index (χ1v) is 7.63. The lowest BCUT2D eigenvalue weighted by Crippen LogP contribution is -2.08. The van der Waals surface area contributed by atoms with Crippen molar-refractivity contribution in [1.82, 2.24) is 0 Å². The van der Waals surface area contributed by atoms with E-state index in [2.05, 4.69) is 6.07 Å². The molecular weight excluding hydrogens is 318 g/mol. The van der Waals surface area contributed by atoms with Crippen LogP contribution >= 0.6 is 0 Å². The van der Waals surface area contributed by atoms with Gasteiger partial charge in [-0.25, -0.2) is 4.79 Å². The third-order valence-corrected chi connectivity index (χ3v) is 3.65. The van der Waals surface area contributed by atoms with Crippen LogP contribution in [-0.4, -0.2) is 20.2 Å². The van der Waals surface area contributed by atoms with E-state index in [0.29, 0.717) is 22.4 Å². The van der Waals surface area contributed by atoms with Crippen LogP contribution in [0.1, 0.15) is 22.3 Å². The number of nitrogens with zero attached hydrogens (tertiary/aromatic N) is 1. The molecule has 128 valence electrons. The van der Waals surface area contributed by atoms with Crippen molar-refractivity contribution in [2.24, 2.45) is 0 Å². The molecule has 0 atom stereocenters. The van der Waals surface area contributed by atoms with Crippen molar-refractivity contribution in [3.8, 4) is 11.8 Å². The maximum absolute atomic E-state index is 12.0. The fourth-order valence-corrected chi connectivity index (χ4v) is 2.34. The Morgan fingerprint density at radius 2 is 1.96 bits per heavy atom. The van der Waals surface area contributed by atoms with Crippen LogP contribution in [0.15, 0.2) is 48.7 Å². The Morgan fingerprint density at radius 1 is 1.20 bits per heavy atom. The second kappa shape index (κ2) is 8.55. The lowest BCUT2D eigenvalue weighted by molar-refractivity contribution is -0.133. The number of carbonyl (C=O) groups excluding carboxylic acids is 1. The summed E-state index contributed by atoms with van der Waals surface area (Å²) in [5.74, 6) is 0.140. The van der Waals surface area contributed by atoms with Crippen molar-refractivity contribution in [3.63, 3.8) is 0 Å². The molecule has 0 saturated carbocycles. The SMILES string of the molecule is CO/C=C(\C(=O)OC)c1ccccc1COc1cc(C#N)ccc1C. The second-order valence-corrected chi connectivity index (χ2v) is 5.30. The molecule has 0 N–H and O–H groups in total. The number of nitriles is 1. The van der Waals surface area contributed by atoms with E-state index < -0.39 is 5.97 Å². The van der Waals surface area contributed by atoms with Crippen LogP contribution in [0.25, 0.3) is 5.57 Å². The predicted molar refractivity (Wildman–Crippen MR) is 93.7 cm³/mol. The van der Waals surface area contributed by atoms with Crippen molar-refractivity contribution in [1.29, 1.82) is 5.26 Å². The Balaban J connectivity index is 2.31. The highest BCUT2D eigenvalue weighted by atomic mass is 16.5. The van der Waals surface area contributed by atoms with E-state index in [4.69, 9.17) is 19.5 Å². The summed E-state index contributed by atoms with van der Waals surface area (Å²) in [5, 5.41) is 9.02. The van der Waals surface area contributed by atoms with Crippen molar-refractivity contribution < 1.29 is 19.0 Å². The number of aryl methyl sites for hydroxylation is 1. The van der Waals surface area contributed by atoms with E-state index in [1.165, 1.54) is 20.5 Å². The van der Waals surface area contributed by atoms with Gasteiger partial charge < -0.3 is 14.2 Å². The molecule has 0 aromatic heterocycles. The normalized spacial score (nSPS) is 10.7. The van der Waals surface area contributed by atoms with Crippen molar-refractivity contribution in [2.45, 2.75) is 13.5 Å². The summed E-state index contributed by atoms with van der Waals surface area (Å²) < 4.78 is 15.7. The molecule has 0 amide bonds. The lowest BCUT2D eigenvalue weighted by Gasteiger charge is -2.14. The first kappa shape index (κ1) is 18.1. The summed E-state index contributed by atoms with van der Waals surface area (Å²) in [7, 11) is 2.79. The van der Waals surface area contributed by atoms with E-state index in [1.807, 2.05) is 31.2 Å². The van der Waals surface area contributed by atoms with Gasteiger partial charge in [0.2, 0.25) is 0 Å². The minimum absolute atomic E-state index is 0.240. The number of carbonyl (C=O) groups is 1. The topological polar surface area (TPSA) is 68.6 Å². The largest absolute Gasteiger partial charge is 0.503 e. The van der Waals surface area contributed by atoms with Crippen LogP contribution in [0.5, 0.6) is 5.75 Å². The predicted octanol–water partition coefficient (Wildman–Crippen LogP) is 3.61. The van der Waals surface area contributed by atoms with Crippen LogP contribution < -0.4 is 4.74 Å². The first-order valence-electron chi connectivity index (χ1n) is 7.63. The Kier molecular flexibility index (Phi) is 6.19. The number of hydrogen-bond donors (Lipinski definition) is 0. The van der Waals surface area contributed by atoms with Gasteiger partial charge in [0.05, 0.1) is 32.1 Å². The average Bonchev–Trinajstić information content (AvgIpc) is 2.65. The molecule has 0 radical (unpaired) electrons. The molecule has 0 heterocycles. The molecule has 0 aliphatic carbocycles. The maximum Gasteiger partial charge on any atom is 0.341 e. The Hall–Kier alpha value is -3.26. The van der Waals surface area contributed by atoms with E-state index in [9.17, 15) is 4.79 Å². The lowest BCUT2D eigenvalue weighted by atomic mass is 10.0. The summed E-state index contributed by atoms with van der Waals surface area (Å²) in [6.45, 7) is 2.15. The molecular formula is C20H19NO4. The van der Waals surface area contributed by atoms with E-state index in [1.54, 1.807) is 18.2 Å². The number of rotatable bonds is 6. The molecule has 2 aromatic carbocycles. The zero-order valence-corrected chi connectivity index (χ0v) is 14.4. The van der Waals surface area contributed by atoms with Crippen LogP contribution in [0.3, 0.4) is 0 Å². The highest BCUT2D eigenvalue weighted by Crippen LogP contribution is 2.24. The molecule has 5 nitrogen and oxygen atoms in total. The van der Waals surface area contributed by atoms with Crippen molar-refractivity contribution >= 4 is 11.5 Å². The van der Waals surface area contributed by atoms with Gasteiger partial charge in [0, 0.05) is 0 Å². The minimum Gasteiger partial charge on any atom is -0.503 e. The third kappa shape index (κ3) is 4.39. The fourth-order valence-electron chi connectivity index (χ4n) is 2.34. The number of methoxy groups -OCH3 is 2. The molecule has 0 saturated heterocycles. The number of ether oxygens (including phenoxy) is 3. The molecule has 25 heavy (non-hydrogen) atoms. The van der Waals surface area contributed by atoms with Gasteiger partial charge in [-0.05, 0) is 35.7 Å². The van der Waals surface area contributed by atoms with Gasteiger partial charge in [-0.1, -0.05) is 30.3 Å². The number of benzene rings is 2. The summed E-state index contributed by atoms with van der Waals surface area (Å²) in [4.78, 5) is 12.0. The quantitative estimate of drug-likeness (QED) is 0.457. The van der Waals surface area contributed by atoms with E-state index in [-0.39, 0.29) is 6.61 Å². The van der Waals surface area contributed by atoms with Crippen LogP contribution in [-0.2, 0) is 20.9 Å². The van der Waals surface area contributed by atoms with Gasteiger partial charge in [0.25, 0.3) is 0 Å². The zero-order valence-electron chi connectivity index (χ0n) is 14.4. The summed E-state index contributed by atoms with van der Waals surface area (Å²) in [6, 6.07) is 14.7. The monoisotopic (exact) mass is 337 g/mol. The number of hydrogen-bond acceptors (Lipinski definition) is 5. The Labute approximate surface area is 147 Å². The summed E-state index contributed by atoms with van der Waals surface area (Å²) in [6.07, 6.45) is 1.35. The maximum atomic E-state index is 12.0. The third-order valence-electron chi connectivity index (χ3n) is 3.65. The number of esters is 1. The van der Waals surface area contributed by atoms with Gasteiger partial charge in [-0.15, -0.1) is 0 Å². The molecule has 0 bridgehead atoms. The van der Waals surface area contributed by atoms with Crippen LogP contribution in [0.4, 0.5) is 0 Å². The van der Waals surface area contributed by atoms with Gasteiger partial charge in [0.15, 0.2) is 0 Å². The van der Waals surface area contributed by atoms with Gasteiger partial charge in [-0.3, -0.25) is 0 Å². The van der Waals surface area contributed by atoms with E-state index in [0.717, 1.165) is 11.1 Å². The molecule has 0 aliphatic rings. The average molecular weight is 337 g/mol. The first-order chi connectivity index (χ1) is 12.1. The van der Waals surface area contributed by atoms with Gasteiger partial charge in [-0.2, -0.15) is 5.26 Å². The molecule has 0 aliphatic heterocycles.